The molecule has 0 heterocycles. The molecule has 0 fully saturated rings. The molecule has 3 aromatic carbocycles. The van der Waals surface area contributed by atoms with Gasteiger partial charge in [0.05, 0.1) is 5.69 Å². The van der Waals surface area contributed by atoms with Gasteiger partial charge in [-0.3, -0.25) is 10.2 Å². The van der Waals surface area contributed by atoms with Crippen molar-refractivity contribution in [3.8, 4) is 0 Å². The van der Waals surface area contributed by atoms with Crippen molar-refractivity contribution in [2.45, 2.75) is 0 Å². The lowest BCUT2D eigenvalue weighted by atomic mass is 10.0. The molecule has 9 nitrogen and oxygen atoms in total. The van der Waals surface area contributed by atoms with Gasteiger partial charge in [0.2, 0.25) is 5.78 Å². The lowest BCUT2D eigenvalue weighted by Crippen LogP contribution is -2.99. The molecule has 9 heteroatoms. The molecule has 2 unspecified atom stereocenters. The molecule has 0 aliphatic rings. The summed E-state index contributed by atoms with van der Waals surface area (Å²) < 4.78 is 0. The fraction of sp³-hybridized carbons (Fsp3) is 0. The molecule has 0 aromatic heterocycles. The predicted molar refractivity (Wildman–Crippen MR) is 105 cm³/mol. The van der Waals surface area contributed by atoms with Gasteiger partial charge in [0.15, 0.2) is 11.4 Å². The number of rotatable bonds is 7. The average Bonchev–Trinajstić information content (AvgIpc) is 2.75. The smallest absolute Gasteiger partial charge is 0.213 e. The standard InChI is InChI=1S/C20H18N4O5/c25-20(15-8-12-18(13-9-15)24(28)29)19(22-21-16-4-2-1-3-5-16)14-6-10-17(11-7-14)23(26)27/h1-13,21,23-24,26,28H/b22-19+. The Kier molecular flexibility index (Phi) is 6.42. The fourth-order valence-electron chi connectivity index (χ4n) is 2.55. The summed E-state index contributed by atoms with van der Waals surface area (Å²) in [5.41, 5.74) is 4.38. The van der Waals surface area contributed by atoms with Gasteiger partial charge in [-0.15, -0.1) is 0 Å². The Hall–Kier alpha value is -3.44. The molecule has 3 aromatic rings. The monoisotopic (exact) mass is 394 g/mol. The Balaban J connectivity index is 1.96. The van der Waals surface area contributed by atoms with Crippen molar-refractivity contribution in [3.05, 3.63) is 100 Å². The van der Waals surface area contributed by atoms with E-state index in [1.807, 2.05) is 18.2 Å². The normalized spacial score (nSPS) is 13.6. The van der Waals surface area contributed by atoms with Gasteiger partial charge in [-0.05, 0) is 36.4 Å². The number of anilines is 1. The van der Waals surface area contributed by atoms with Crippen LogP contribution in [0.3, 0.4) is 0 Å². The summed E-state index contributed by atoms with van der Waals surface area (Å²) in [5.74, 6) is -0.437. The van der Waals surface area contributed by atoms with E-state index in [2.05, 4.69) is 10.5 Å². The maximum Gasteiger partial charge on any atom is 0.213 e. The first-order chi connectivity index (χ1) is 14.0. The van der Waals surface area contributed by atoms with E-state index in [4.69, 9.17) is 10.4 Å². The van der Waals surface area contributed by atoms with Gasteiger partial charge in [0.25, 0.3) is 0 Å². The molecule has 0 amide bonds. The van der Waals surface area contributed by atoms with E-state index in [0.29, 0.717) is 11.3 Å². The number of carbonyl (C=O) groups is 1. The maximum absolute atomic E-state index is 13.0. The van der Waals surface area contributed by atoms with Crippen molar-refractivity contribution in [1.29, 1.82) is 0 Å². The molecule has 0 saturated carbocycles. The lowest BCUT2D eigenvalue weighted by Gasteiger charge is -2.13. The molecule has 148 valence electrons. The van der Waals surface area contributed by atoms with Crippen LogP contribution in [0.5, 0.6) is 0 Å². The number of benzene rings is 3. The quantitative estimate of drug-likeness (QED) is 0.232. The molecule has 0 radical (unpaired) electrons. The summed E-state index contributed by atoms with van der Waals surface area (Å²) in [7, 11) is 0. The lowest BCUT2D eigenvalue weighted by molar-refractivity contribution is -0.991. The van der Waals surface area contributed by atoms with Crippen LogP contribution in [0.15, 0.2) is 84.0 Å². The van der Waals surface area contributed by atoms with E-state index in [0.717, 1.165) is 0 Å². The summed E-state index contributed by atoms with van der Waals surface area (Å²) in [6.07, 6.45) is 0. The van der Waals surface area contributed by atoms with Crippen LogP contribution in [0.25, 0.3) is 0 Å². The maximum atomic E-state index is 13.0. The zero-order valence-electron chi connectivity index (χ0n) is 15.1. The molecule has 0 aliphatic heterocycles. The largest absolute Gasteiger partial charge is 0.595 e. The zero-order valence-corrected chi connectivity index (χ0v) is 15.1. The summed E-state index contributed by atoms with van der Waals surface area (Å²) in [6.45, 7) is 0. The van der Waals surface area contributed by atoms with Crippen LogP contribution < -0.4 is 15.9 Å². The Morgan fingerprint density at radius 3 is 1.72 bits per heavy atom. The minimum absolute atomic E-state index is 0.0632. The van der Waals surface area contributed by atoms with E-state index in [-0.39, 0.29) is 22.6 Å². The Morgan fingerprint density at radius 1 is 0.759 bits per heavy atom. The second kappa shape index (κ2) is 9.17. The van der Waals surface area contributed by atoms with Gasteiger partial charge in [-0.25, -0.2) is 10.4 Å². The first-order valence-electron chi connectivity index (χ1n) is 8.56. The van der Waals surface area contributed by atoms with Crippen LogP contribution in [-0.4, -0.2) is 21.9 Å². The molecule has 2 atom stereocenters. The zero-order chi connectivity index (χ0) is 20.8. The van der Waals surface area contributed by atoms with Crippen LogP contribution in [0.2, 0.25) is 0 Å². The SMILES string of the molecule is O=C(/C(=N/Nc1ccccc1)c1ccc([NH+]([O-])O)cc1)c1ccc([NH+]([O-])O)cc1. The van der Waals surface area contributed by atoms with Crippen LogP contribution >= 0.6 is 0 Å². The highest BCUT2D eigenvalue weighted by atomic mass is 16.8. The number of hydrazone groups is 1. The van der Waals surface area contributed by atoms with Gasteiger partial charge in [-0.2, -0.15) is 15.6 Å². The van der Waals surface area contributed by atoms with Crippen molar-refractivity contribution in [1.82, 2.24) is 0 Å². The van der Waals surface area contributed by atoms with Crippen LogP contribution in [-0.2, 0) is 0 Å². The summed E-state index contributed by atoms with van der Waals surface area (Å²) in [5, 5.41) is 42.2. The number of quaternary nitrogens is 2. The number of carbonyl (C=O) groups excluding carboxylic acids is 1. The third-order valence-electron chi connectivity index (χ3n) is 4.08. The van der Waals surface area contributed by atoms with Gasteiger partial charge in [0.1, 0.15) is 5.71 Å². The Morgan fingerprint density at radius 2 is 1.24 bits per heavy atom. The summed E-state index contributed by atoms with van der Waals surface area (Å²) in [6, 6.07) is 20.3. The third kappa shape index (κ3) is 5.09. The molecule has 3 rings (SSSR count). The van der Waals surface area contributed by atoms with Crippen LogP contribution in [0.4, 0.5) is 17.1 Å². The number of nitrogens with zero attached hydrogens (tertiary/aromatic N) is 1. The van der Waals surface area contributed by atoms with Crippen LogP contribution in [0, 0.1) is 10.4 Å². The van der Waals surface area contributed by atoms with E-state index in [1.54, 1.807) is 12.1 Å². The van der Waals surface area contributed by atoms with E-state index in [1.165, 1.54) is 48.5 Å². The first kappa shape index (κ1) is 20.3. The Labute approximate surface area is 165 Å². The van der Waals surface area contributed by atoms with E-state index in [9.17, 15) is 15.2 Å². The van der Waals surface area contributed by atoms with Crippen molar-refractivity contribution < 1.29 is 25.7 Å². The highest BCUT2D eigenvalue weighted by Crippen LogP contribution is 2.14. The second-order valence-electron chi connectivity index (χ2n) is 6.03. The molecule has 0 aliphatic carbocycles. The van der Waals surface area contributed by atoms with Crippen molar-refractivity contribution in [2.75, 3.05) is 5.43 Å². The highest BCUT2D eigenvalue weighted by Gasteiger charge is 2.18. The van der Waals surface area contributed by atoms with Gasteiger partial charge >= 0.3 is 0 Å². The summed E-state index contributed by atoms with van der Waals surface area (Å²) in [4.78, 5) is 13.0. The molecule has 0 bridgehead atoms. The molecule has 0 spiro atoms. The van der Waals surface area contributed by atoms with Gasteiger partial charge < -0.3 is 10.4 Å². The van der Waals surface area contributed by atoms with E-state index < -0.39 is 16.2 Å². The molecular formula is C20H18N4O5. The van der Waals surface area contributed by atoms with Crippen molar-refractivity contribution in [3.63, 3.8) is 0 Å². The van der Waals surface area contributed by atoms with Crippen molar-refractivity contribution in [2.24, 2.45) is 5.10 Å². The minimum atomic E-state index is -1.09. The third-order valence-corrected chi connectivity index (χ3v) is 4.08. The van der Waals surface area contributed by atoms with Crippen molar-refractivity contribution >= 4 is 28.6 Å². The molecule has 0 saturated heterocycles. The number of Topliss-reactive ketones (excluding diaryl/α,β-unsaturated/α-hetero) is 1. The summed E-state index contributed by atoms with van der Waals surface area (Å²) >= 11 is 0. The predicted octanol–water partition coefficient (Wildman–Crippen LogP) is 1.19. The Bertz CT molecular complexity index is 988. The van der Waals surface area contributed by atoms with E-state index >= 15 is 0 Å². The molecule has 29 heavy (non-hydrogen) atoms. The highest BCUT2D eigenvalue weighted by molar-refractivity contribution is 6.51. The number of hydrogen-bond acceptors (Lipinski definition) is 7. The molecular weight excluding hydrogens is 376 g/mol. The second-order valence-corrected chi connectivity index (χ2v) is 6.03. The van der Waals surface area contributed by atoms with Gasteiger partial charge in [-0.1, -0.05) is 18.2 Å². The van der Waals surface area contributed by atoms with Gasteiger partial charge in [0, 0.05) is 35.4 Å². The number of ketones is 1. The topological polar surface area (TPSA) is 137 Å². The number of para-hydroxylation sites is 1. The fourth-order valence-corrected chi connectivity index (χ4v) is 2.55. The molecule has 5 N–H and O–H groups in total. The number of hydrogen-bond donors (Lipinski definition) is 5. The average molecular weight is 394 g/mol. The first-order valence-corrected chi connectivity index (χ1v) is 8.56. The van der Waals surface area contributed by atoms with Crippen LogP contribution in [0.1, 0.15) is 15.9 Å². The number of nitrogens with one attached hydrogen (secondary N) is 3. The minimum Gasteiger partial charge on any atom is -0.595 e.